The van der Waals surface area contributed by atoms with Crippen molar-refractivity contribution in [2.24, 2.45) is 5.92 Å². The summed E-state index contributed by atoms with van der Waals surface area (Å²) in [5.74, 6) is 0.0931. The largest absolute Gasteiger partial charge is 0.351 e. The van der Waals surface area contributed by atoms with Gasteiger partial charge in [0.1, 0.15) is 6.04 Å². The molecule has 150 valence electrons. The van der Waals surface area contributed by atoms with E-state index in [1.54, 1.807) is 6.07 Å². The summed E-state index contributed by atoms with van der Waals surface area (Å²) in [5.41, 5.74) is 1.55. The predicted octanol–water partition coefficient (Wildman–Crippen LogP) is 3.13. The zero-order chi connectivity index (χ0) is 19.8. The minimum absolute atomic E-state index is 0.0559. The quantitative estimate of drug-likeness (QED) is 0.736. The molecule has 1 aliphatic heterocycles. The molecule has 0 bridgehead atoms. The number of nitrogens with zero attached hydrogens (tertiary/aromatic N) is 1. The van der Waals surface area contributed by atoms with E-state index in [9.17, 15) is 9.59 Å². The highest BCUT2D eigenvalue weighted by Crippen LogP contribution is 2.13. The Morgan fingerprint density at radius 2 is 1.85 bits per heavy atom. The lowest BCUT2D eigenvalue weighted by Gasteiger charge is -2.33. The van der Waals surface area contributed by atoms with Crippen molar-refractivity contribution in [2.75, 3.05) is 19.6 Å². The van der Waals surface area contributed by atoms with Crippen molar-refractivity contribution < 1.29 is 9.59 Å². The monoisotopic (exact) mass is 373 g/mol. The Labute approximate surface area is 163 Å². The maximum atomic E-state index is 12.9. The normalized spacial score (nSPS) is 16.9. The second-order valence-electron chi connectivity index (χ2n) is 8.10. The van der Waals surface area contributed by atoms with Crippen LogP contribution in [0.3, 0.4) is 0 Å². The zero-order valence-corrected chi connectivity index (χ0v) is 17.3. The van der Waals surface area contributed by atoms with Gasteiger partial charge in [-0.25, -0.2) is 0 Å². The van der Waals surface area contributed by atoms with Crippen LogP contribution in [0.15, 0.2) is 24.3 Å². The minimum atomic E-state index is -0.495. The first-order valence-electron chi connectivity index (χ1n) is 10.3. The third kappa shape index (κ3) is 6.65. The van der Waals surface area contributed by atoms with Gasteiger partial charge < -0.3 is 15.5 Å². The molecule has 1 unspecified atom stereocenters. The summed E-state index contributed by atoms with van der Waals surface area (Å²) in [7, 11) is 0. The number of piperidine rings is 1. The number of carbonyl (C=O) groups is 2. The molecule has 5 nitrogen and oxygen atoms in total. The van der Waals surface area contributed by atoms with Gasteiger partial charge in [-0.1, -0.05) is 39.0 Å². The highest BCUT2D eigenvalue weighted by Gasteiger charge is 2.26. The SMILES string of the molecule is CCCN1CCC(NC(=O)C(CC(C)C)NC(=O)c2ccccc2C)CC1. The van der Waals surface area contributed by atoms with Crippen LogP contribution in [0.2, 0.25) is 0 Å². The van der Waals surface area contributed by atoms with E-state index < -0.39 is 6.04 Å². The van der Waals surface area contributed by atoms with Gasteiger partial charge in [-0.15, -0.1) is 0 Å². The Balaban J connectivity index is 1.96. The fraction of sp³-hybridized carbons (Fsp3) is 0.636. The summed E-state index contributed by atoms with van der Waals surface area (Å²) >= 11 is 0. The average molecular weight is 374 g/mol. The van der Waals surface area contributed by atoms with Crippen LogP contribution in [0.4, 0.5) is 0 Å². The molecule has 0 saturated carbocycles. The molecule has 1 atom stereocenters. The van der Waals surface area contributed by atoms with Gasteiger partial charge in [-0.3, -0.25) is 9.59 Å². The van der Waals surface area contributed by atoms with Gasteiger partial charge in [0.2, 0.25) is 5.91 Å². The molecule has 1 aromatic rings. The predicted molar refractivity (Wildman–Crippen MR) is 110 cm³/mol. The van der Waals surface area contributed by atoms with Crippen LogP contribution in [-0.4, -0.2) is 48.4 Å². The van der Waals surface area contributed by atoms with Gasteiger partial charge in [-0.05, 0) is 56.7 Å². The van der Waals surface area contributed by atoms with Crippen LogP contribution < -0.4 is 10.6 Å². The second kappa shape index (κ2) is 10.5. The van der Waals surface area contributed by atoms with Crippen LogP contribution in [0.25, 0.3) is 0 Å². The van der Waals surface area contributed by atoms with E-state index >= 15 is 0 Å². The van der Waals surface area contributed by atoms with Gasteiger partial charge in [0, 0.05) is 24.7 Å². The number of rotatable bonds is 8. The van der Waals surface area contributed by atoms with Crippen LogP contribution in [0.5, 0.6) is 0 Å². The molecule has 5 heteroatoms. The maximum Gasteiger partial charge on any atom is 0.252 e. The molecule has 1 heterocycles. The van der Waals surface area contributed by atoms with Crippen LogP contribution in [0, 0.1) is 12.8 Å². The average Bonchev–Trinajstić information content (AvgIpc) is 2.63. The minimum Gasteiger partial charge on any atom is -0.351 e. The Bertz CT molecular complexity index is 622. The summed E-state index contributed by atoms with van der Waals surface area (Å²) in [6.07, 6.45) is 3.76. The maximum absolute atomic E-state index is 12.9. The van der Waals surface area contributed by atoms with E-state index in [1.165, 1.54) is 6.42 Å². The van der Waals surface area contributed by atoms with Crippen LogP contribution in [-0.2, 0) is 4.79 Å². The number of likely N-dealkylation sites (tertiary alicyclic amines) is 1. The van der Waals surface area contributed by atoms with Crippen LogP contribution >= 0.6 is 0 Å². The third-order valence-corrected chi connectivity index (χ3v) is 5.19. The van der Waals surface area contributed by atoms with Crippen molar-refractivity contribution in [3.8, 4) is 0 Å². The third-order valence-electron chi connectivity index (χ3n) is 5.19. The van der Waals surface area contributed by atoms with E-state index in [4.69, 9.17) is 0 Å². The molecule has 1 aromatic carbocycles. The van der Waals surface area contributed by atoms with Crippen molar-refractivity contribution in [3.05, 3.63) is 35.4 Å². The van der Waals surface area contributed by atoms with Gasteiger partial charge in [-0.2, -0.15) is 0 Å². The van der Waals surface area contributed by atoms with Crippen molar-refractivity contribution >= 4 is 11.8 Å². The van der Waals surface area contributed by atoms with E-state index in [0.717, 1.165) is 38.0 Å². The van der Waals surface area contributed by atoms with Crippen molar-refractivity contribution in [2.45, 2.75) is 65.5 Å². The van der Waals surface area contributed by atoms with Crippen molar-refractivity contribution in [3.63, 3.8) is 0 Å². The first-order chi connectivity index (χ1) is 12.9. The second-order valence-corrected chi connectivity index (χ2v) is 8.10. The smallest absolute Gasteiger partial charge is 0.252 e. The molecule has 27 heavy (non-hydrogen) atoms. The van der Waals surface area contributed by atoms with Gasteiger partial charge >= 0.3 is 0 Å². The summed E-state index contributed by atoms with van der Waals surface area (Å²) in [6, 6.07) is 7.19. The Morgan fingerprint density at radius 3 is 2.44 bits per heavy atom. The molecule has 0 radical (unpaired) electrons. The van der Waals surface area contributed by atoms with Gasteiger partial charge in [0.05, 0.1) is 0 Å². The van der Waals surface area contributed by atoms with Crippen molar-refractivity contribution in [1.82, 2.24) is 15.5 Å². The van der Waals surface area contributed by atoms with Crippen molar-refractivity contribution in [1.29, 1.82) is 0 Å². The molecule has 1 fully saturated rings. The summed E-state index contributed by atoms with van der Waals surface area (Å²) in [4.78, 5) is 28.0. The number of carbonyl (C=O) groups excluding carboxylic acids is 2. The number of benzene rings is 1. The standard InChI is InChI=1S/C22H35N3O2/c1-5-12-25-13-10-18(11-14-25)23-22(27)20(15-16(2)3)24-21(26)19-9-7-6-8-17(19)4/h6-9,16,18,20H,5,10-15H2,1-4H3,(H,23,27)(H,24,26). The molecular weight excluding hydrogens is 338 g/mol. The first kappa shape index (κ1) is 21.4. The fourth-order valence-corrected chi connectivity index (χ4v) is 3.69. The molecule has 2 N–H and O–H groups in total. The molecule has 1 aliphatic rings. The Kier molecular flexibility index (Phi) is 8.29. The highest BCUT2D eigenvalue weighted by molar-refractivity contribution is 5.98. The molecular formula is C22H35N3O2. The first-order valence-corrected chi connectivity index (χ1v) is 10.3. The lowest BCUT2D eigenvalue weighted by Crippen LogP contribution is -2.52. The fourth-order valence-electron chi connectivity index (χ4n) is 3.69. The number of aryl methyl sites for hydroxylation is 1. The zero-order valence-electron chi connectivity index (χ0n) is 17.3. The molecule has 2 amide bonds. The molecule has 0 aromatic heterocycles. The Morgan fingerprint density at radius 1 is 1.19 bits per heavy atom. The van der Waals surface area contributed by atoms with E-state index in [0.29, 0.717) is 17.9 Å². The lowest BCUT2D eigenvalue weighted by molar-refractivity contribution is -0.124. The molecule has 2 rings (SSSR count). The number of hydrogen-bond donors (Lipinski definition) is 2. The van der Waals surface area contributed by atoms with E-state index in [-0.39, 0.29) is 17.9 Å². The number of amides is 2. The number of nitrogens with one attached hydrogen (secondary N) is 2. The summed E-state index contributed by atoms with van der Waals surface area (Å²) < 4.78 is 0. The highest BCUT2D eigenvalue weighted by atomic mass is 16.2. The van der Waals surface area contributed by atoms with E-state index in [1.807, 2.05) is 25.1 Å². The number of hydrogen-bond acceptors (Lipinski definition) is 3. The van der Waals surface area contributed by atoms with Crippen LogP contribution in [0.1, 0.15) is 62.4 Å². The molecule has 0 aliphatic carbocycles. The molecule has 0 spiro atoms. The van der Waals surface area contributed by atoms with E-state index in [2.05, 4.69) is 36.3 Å². The molecule has 1 saturated heterocycles. The summed E-state index contributed by atoms with van der Waals surface area (Å²) in [5, 5.41) is 6.14. The lowest BCUT2D eigenvalue weighted by atomic mass is 10.00. The van der Waals surface area contributed by atoms with Gasteiger partial charge in [0.15, 0.2) is 0 Å². The van der Waals surface area contributed by atoms with Gasteiger partial charge in [0.25, 0.3) is 5.91 Å². The topological polar surface area (TPSA) is 61.4 Å². The summed E-state index contributed by atoms with van der Waals surface area (Å²) in [6.45, 7) is 11.4. The Hall–Kier alpha value is -1.88.